The van der Waals surface area contributed by atoms with Crippen LogP contribution in [0.2, 0.25) is 5.02 Å². The second-order valence-electron chi connectivity index (χ2n) is 8.61. The monoisotopic (exact) mass is 552 g/mol. The first kappa shape index (κ1) is 26.6. The van der Waals surface area contributed by atoms with Crippen LogP contribution in [0.4, 0.5) is 5.82 Å². The standard InChI is InChI=1S/C23H25ClN4O6S2/c1-12-17(21(30)13-3-2-4-15(24)5-13)8-20(35-12)22(31)18-9-26-11-27-23(18)28-16-6-14(19(29)7-16)10-34-36(25,32)33/h2-5,8-9,11,14,16,19,21,29-30H,6-7,10H2,1H3,(H2,25,32,33)(H,26,27,28)/t14-,16-,19+,21+/m1/s1. The van der Waals surface area contributed by atoms with E-state index in [2.05, 4.69) is 19.5 Å². The number of hydrogen-bond donors (Lipinski definition) is 4. The van der Waals surface area contributed by atoms with Crippen molar-refractivity contribution in [2.45, 2.75) is 38.0 Å². The predicted octanol–water partition coefficient (Wildman–Crippen LogP) is 2.58. The number of rotatable bonds is 9. The van der Waals surface area contributed by atoms with Crippen molar-refractivity contribution in [3.05, 3.63) is 74.3 Å². The molecule has 1 aromatic carbocycles. The first-order valence-electron chi connectivity index (χ1n) is 11.0. The highest BCUT2D eigenvalue weighted by Crippen LogP contribution is 2.34. The summed E-state index contributed by atoms with van der Waals surface area (Å²) in [6.45, 7) is 1.59. The minimum atomic E-state index is -4.11. The van der Waals surface area contributed by atoms with Crippen LogP contribution in [0.5, 0.6) is 0 Å². The second kappa shape index (κ2) is 10.9. The molecule has 2 heterocycles. The van der Waals surface area contributed by atoms with Crippen molar-refractivity contribution in [3.63, 3.8) is 0 Å². The van der Waals surface area contributed by atoms with E-state index in [0.29, 0.717) is 39.7 Å². The van der Waals surface area contributed by atoms with Gasteiger partial charge in [-0.25, -0.2) is 15.1 Å². The molecule has 5 N–H and O–H groups in total. The number of hydrogen-bond acceptors (Lipinski definition) is 10. The number of aromatic nitrogens is 2. The van der Waals surface area contributed by atoms with Crippen LogP contribution in [0.3, 0.4) is 0 Å². The number of nitrogens with one attached hydrogen (secondary N) is 1. The molecule has 0 bridgehead atoms. The van der Waals surface area contributed by atoms with Gasteiger partial charge in [0.15, 0.2) is 0 Å². The van der Waals surface area contributed by atoms with Gasteiger partial charge in [0.25, 0.3) is 0 Å². The summed E-state index contributed by atoms with van der Waals surface area (Å²) in [6.07, 6.45) is 1.67. The number of carbonyl (C=O) groups is 1. The van der Waals surface area contributed by atoms with Gasteiger partial charge in [-0.1, -0.05) is 23.7 Å². The Bertz CT molecular complexity index is 1370. The summed E-state index contributed by atoms with van der Waals surface area (Å²) in [5, 5.41) is 29.7. The molecule has 0 unspecified atom stereocenters. The zero-order valence-electron chi connectivity index (χ0n) is 19.2. The Hall–Kier alpha value is -2.45. The summed E-state index contributed by atoms with van der Waals surface area (Å²) in [6, 6.07) is 8.29. The maximum atomic E-state index is 13.4. The number of nitrogens with two attached hydrogens (primary N) is 1. The molecule has 10 nitrogen and oxygen atoms in total. The number of ketones is 1. The van der Waals surface area contributed by atoms with Crippen molar-refractivity contribution in [2.24, 2.45) is 11.1 Å². The summed E-state index contributed by atoms with van der Waals surface area (Å²) >= 11 is 7.31. The van der Waals surface area contributed by atoms with Gasteiger partial charge >= 0.3 is 10.3 Å². The van der Waals surface area contributed by atoms with Crippen molar-refractivity contribution in [1.82, 2.24) is 9.97 Å². The van der Waals surface area contributed by atoms with Crippen molar-refractivity contribution >= 4 is 44.8 Å². The number of aliphatic hydroxyl groups excluding tert-OH is 2. The van der Waals surface area contributed by atoms with Crippen molar-refractivity contribution in [2.75, 3.05) is 11.9 Å². The molecule has 0 spiro atoms. The fraction of sp³-hybridized carbons (Fsp3) is 0.348. The van der Waals surface area contributed by atoms with Crippen LogP contribution in [0, 0.1) is 12.8 Å². The maximum absolute atomic E-state index is 13.4. The average molecular weight is 553 g/mol. The minimum Gasteiger partial charge on any atom is -0.393 e. The highest BCUT2D eigenvalue weighted by Gasteiger charge is 2.35. The van der Waals surface area contributed by atoms with Crippen LogP contribution in [-0.4, -0.2) is 53.1 Å². The molecule has 2 aromatic heterocycles. The van der Waals surface area contributed by atoms with E-state index in [4.69, 9.17) is 16.7 Å². The van der Waals surface area contributed by atoms with E-state index in [1.807, 2.05) is 6.92 Å². The highest BCUT2D eigenvalue weighted by atomic mass is 35.5. The fourth-order valence-electron chi connectivity index (χ4n) is 4.25. The Balaban J connectivity index is 1.51. The Morgan fingerprint density at radius 1 is 1.36 bits per heavy atom. The number of anilines is 1. The molecule has 0 aliphatic heterocycles. The van der Waals surface area contributed by atoms with E-state index < -0.39 is 28.4 Å². The van der Waals surface area contributed by atoms with E-state index in [1.54, 1.807) is 30.3 Å². The fourth-order valence-corrected chi connectivity index (χ4v) is 5.82. The van der Waals surface area contributed by atoms with Crippen molar-refractivity contribution < 1.29 is 27.6 Å². The van der Waals surface area contributed by atoms with Crippen molar-refractivity contribution in [1.29, 1.82) is 0 Å². The van der Waals surface area contributed by atoms with E-state index >= 15 is 0 Å². The summed E-state index contributed by atoms with van der Waals surface area (Å²) in [5.74, 6) is -0.469. The molecule has 3 aromatic rings. The lowest BCUT2D eigenvalue weighted by molar-refractivity contribution is 0.101. The van der Waals surface area contributed by atoms with E-state index in [1.165, 1.54) is 23.9 Å². The zero-order valence-corrected chi connectivity index (χ0v) is 21.6. The third-order valence-corrected chi connectivity index (χ3v) is 7.81. The molecule has 0 amide bonds. The lowest BCUT2D eigenvalue weighted by atomic mass is 10.0. The Labute approximate surface area is 217 Å². The number of nitrogens with zero attached hydrogens (tertiary/aromatic N) is 2. The highest BCUT2D eigenvalue weighted by molar-refractivity contribution is 7.84. The molecule has 13 heteroatoms. The molecule has 1 aliphatic rings. The molecular formula is C23H25ClN4O6S2. The Morgan fingerprint density at radius 2 is 2.14 bits per heavy atom. The smallest absolute Gasteiger partial charge is 0.333 e. The summed E-state index contributed by atoms with van der Waals surface area (Å²) in [7, 11) is -4.11. The number of thiophene rings is 1. The van der Waals surface area contributed by atoms with Gasteiger partial charge in [-0.15, -0.1) is 11.3 Å². The molecule has 4 atom stereocenters. The van der Waals surface area contributed by atoms with Gasteiger partial charge in [0.2, 0.25) is 5.78 Å². The molecule has 1 fully saturated rings. The van der Waals surface area contributed by atoms with Crippen LogP contribution >= 0.6 is 22.9 Å². The van der Waals surface area contributed by atoms with E-state index in [9.17, 15) is 23.4 Å². The maximum Gasteiger partial charge on any atom is 0.333 e. The normalized spacial score (nSPS) is 20.9. The van der Waals surface area contributed by atoms with Gasteiger partial charge in [-0.2, -0.15) is 8.42 Å². The minimum absolute atomic E-state index is 0.236. The molecular weight excluding hydrogens is 528 g/mol. The van der Waals surface area contributed by atoms with Gasteiger partial charge in [0.05, 0.1) is 23.2 Å². The quantitative estimate of drug-likeness (QED) is 0.292. The molecule has 192 valence electrons. The predicted molar refractivity (Wildman–Crippen MR) is 135 cm³/mol. The molecule has 4 rings (SSSR count). The summed E-state index contributed by atoms with van der Waals surface area (Å²) in [5.41, 5.74) is 1.46. The van der Waals surface area contributed by atoms with Gasteiger partial charge in [-0.05, 0) is 49.1 Å². The second-order valence-corrected chi connectivity index (χ2v) is 11.5. The molecule has 1 aliphatic carbocycles. The van der Waals surface area contributed by atoms with E-state index in [-0.39, 0.29) is 24.0 Å². The van der Waals surface area contributed by atoms with E-state index in [0.717, 1.165) is 4.88 Å². The molecule has 1 saturated carbocycles. The van der Waals surface area contributed by atoms with Gasteiger partial charge in [0, 0.05) is 28.1 Å². The number of carbonyl (C=O) groups excluding carboxylic acids is 1. The lowest BCUT2D eigenvalue weighted by Crippen LogP contribution is -2.24. The Kier molecular flexibility index (Phi) is 8.05. The third-order valence-electron chi connectivity index (χ3n) is 6.04. The molecule has 0 saturated heterocycles. The number of halogens is 1. The number of benzene rings is 1. The van der Waals surface area contributed by atoms with Crippen LogP contribution in [0.15, 0.2) is 42.9 Å². The Morgan fingerprint density at radius 3 is 2.86 bits per heavy atom. The first-order valence-corrected chi connectivity index (χ1v) is 13.7. The molecule has 36 heavy (non-hydrogen) atoms. The average Bonchev–Trinajstić information content (AvgIpc) is 3.38. The lowest BCUT2D eigenvalue weighted by Gasteiger charge is -2.15. The third kappa shape index (κ3) is 6.27. The SMILES string of the molecule is Cc1sc(C(=O)c2cncnc2N[C@@H]2C[C@H](COS(N)(=O)=O)[C@@H](O)C2)cc1[C@@H](O)c1cccc(Cl)c1. The van der Waals surface area contributed by atoms with Crippen LogP contribution in [0.25, 0.3) is 0 Å². The van der Waals surface area contributed by atoms with Crippen LogP contribution < -0.4 is 10.5 Å². The van der Waals surface area contributed by atoms with Crippen LogP contribution in [-0.2, 0) is 14.5 Å². The topological polar surface area (TPSA) is 165 Å². The zero-order chi connectivity index (χ0) is 26.0. The molecule has 0 radical (unpaired) electrons. The van der Waals surface area contributed by atoms with Gasteiger partial charge in [-0.3, -0.25) is 8.98 Å². The summed E-state index contributed by atoms with van der Waals surface area (Å²) in [4.78, 5) is 22.8. The van der Waals surface area contributed by atoms with Crippen molar-refractivity contribution in [3.8, 4) is 0 Å². The van der Waals surface area contributed by atoms with Gasteiger partial charge in [0.1, 0.15) is 18.2 Å². The largest absolute Gasteiger partial charge is 0.393 e. The summed E-state index contributed by atoms with van der Waals surface area (Å²) < 4.78 is 26.8. The number of aryl methyl sites for hydroxylation is 1. The number of aliphatic hydroxyl groups is 2. The van der Waals surface area contributed by atoms with Crippen LogP contribution in [0.1, 0.15) is 50.2 Å². The van der Waals surface area contributed by atoms with Gasteiger partial charge < -0.3 is 15.5 Å². The first-order chi connectivity index (χ1) is 17.0.